The van der Waals surface area contributed by atoms with Gasteiger partial charge in [0, 0.05) is 29.7 Å². The van der Waals surface area contributed by atoms with Gasteiger partial charge in [0.1, 0.15) is 23.2 Å². The van der Waals surface area contributed by atoms with Gasteiger partial charge in [-0.05, 0) is 54.6 Å². The Balaban J connectivity index is 1.94. The van der Waals surface area contributed by atoms with Crippen LogP contribution < -0.4 is 0 Å². The molecule has 0 heterocycles. The Kier molecular flexibility index (Phi) is 8.07. The summed E-state index contributed by atoms with van der Waals surface area (Å²) >= 11 is 0. The van der Waals surface area contributed by atoms with Crippen molar-refractivity contribution >= 4 is 34.7 Å². The van der Waals surface area contributed by atoms with Crippen LogP contribution in [-0.2, 0) is 36.8 Å². The van der Waals surface area contributed by atoms with Gasteiger partial charge in [-0.3, -0.25) is 28.8 Å². The van der Waals surface area contributed by atoms with E-state index in [1.54, 1.807) is 33.8 Å². The van der Waals surface area contributed by atoms with Crippen LogP contribution >= 0.6 is 0 Å². The third-order valence-electron chi connectivity index (χ3n) is 10.3. The third kappa shape index (κ3) is 4.35. The number of hydrogen-bond donors (Lipinski definition) is 2. The molecule has 3 aliphatic rings. The average Bonchev–Trinajstić information content (AvgIpc) is 2.85. The number of rotatable bonds is 8. The third-order valence-corrected chi connectivity index (χ3v) is 10.3. The number of phenols is 1. The lowest BCUT2D eigenvalue weighted by atomic mass is 9.39. The number of ketones is 6. The molecular formula is C34H44O8. The maximum absolute atomic E-state index is 14.5. The van der Waals surface area contributed by atoms with E-state index in [0.29, 0.717) is 24.0 Å². The number of carbonyl (C=O) groups is 6. The Bertz CT molecular complexity index is 1400. The van der Waals surface area contributed by atoms with Gasteiger partial charge in [0.05, 0.1) is 11.5 Å². The molecule has 4 rings (SSSR count). The van der Waals surface area contributed by atoms with Crippen LogP contribution in [-0.4, -0.2) is 50.5 Å². The lowest BCUT2D eigenvalue weighted by Crippen LogP contribution is -2.76. The van der Waals surface area contributed by atoms with E-state index in [0.717, 1.165) is 18.9 Å². The van der Waals surface area contributed by atoms with Crippen molar-refractivity contribution in [2.75, 3.05) is 0 Å². The highest BCUT2D eigenvalue weighted by atomic mass is 16.3. The predicted octanol–water partition coefficient (Wildman–Crippen LogP) is 4.52. The summed E-state index contributed by atoms with van der Waals surface area (Å²) in [6.07, 6.45) is 2.05. The molecule has 0 saturated heterocycles. The zero-order valence-electron chi connectivity index (χ0n) is 26.1. The second kappa shape index (κ2) is 10.6. The number of Topliss-reactive ketones (excluding diaryl/α,β-unsaturated/α-hetero) is 6. The lowest BCUT2D eigenvalue weighted by molar-refractivity contribution is -0.205. The van der Waals surface area contributed by atoms with E-state index >= 15 is 0 Å². The van der Waals surface area contributed by atoms with E-state index in [2.05, 4.69) is 0 Å². The molecule has 2 N–H and O–H groups in total. The number of fused-ring (bicyclic) bond motifs is 3. The Morgan fingerprint density at radius 3 is 2.19 bits per heavy atom. The van der Waals surface area contributed by atoms with E-state index in [4.69, 9.17) is 0 Å². The van der Waals surface area contributed by atoms with Gasteiger partial charge in [-0.15, -0.1) is 0 Å². The van der Waals surface area contributed by atoms with Crippen LogP contribution in [0.2, 0.25) is 0 Å². The normalized spacial score (nSPS) is 32.6. The second-order valence-corrected chi connectivity index (χ2v) is 14.1. The van der Waals surface area contributed by atoms with Crippen LogP contribution in [0.15, 0.2) is 6.07 Å². The molecule has 228 valence electrons. The zero-order chi connectivity index (χ0) is 31.7. The highest BCUT2D eigenvalue weighted by Crippen LogP contribution is 2.64. The van der Waals surface area contributed by atoms with Crippen molar-refractivity contribution in [1.29, 1.82) is 0 Å². The Labute approximate surface area is 247 Å². The van der Waals surface area contributed by atoms with Crippen molar-refractivity contribution in [1.82, 2.24) is 0 Å². The Hall–Kier alpha value is -3.00. The number of carbonyl (C=O) groups excluding carboxylic acids is 6. The van der Waals surface area contributed by atoms with E-state index in [9.17, 15) is 39.0 Å². The molecule has 3 unspecified atom stereocenters. The molecule has 8 nitrogen and oxygen atoms in total. The van der Waals surface area contributed by atoms with Gasteiger partial charge in [-0.2, -0.15) is 0 Å². The molecule has 0 bridgehead atoms. The van der Waals surface area contributed by atoms with Crippen molar-refractivity contribution in [3.8, 4) is 5.75 Å². The first-order valence-electron chi connectivity index (χ1n) is 15.2. The highest BCUT2D eigenvalue weighted by Gasteiger charge is 2.76. The lowest BCUT2D eigenvalue weighted by Gasteiger charge is -2.62. The monoisotopic (exact) mass is 580 g/mol. The smallest absolute Gasteiger partial charge is 0.190 e. The van der Waals surface area contributed by atoms with Gasteiger partial charge < -0.3 is 10.2 Å². The van der Waals surface area contributed by atoms with Crippen LogP contribution in [0.25, 0.3) is 0 Å². The number of benzene rings is 1. The summed E-state index contributed by atoms with van der Waals surface area (Å²) in [5.74, 6) is -9.32. The van der Waals surface area contributed by atoms with Gasteiger partial charge >= 0.3 is 0 Å². The van der Waals surface area contributed by atoms with E-state index < -0.39 is 69.0 Å². The van der Waals surface area contributed by atoms with Gasteiger partial charge in [0.15, 0.2) is 28.7 Å². The molecule has 0 aromatic heterocycles. The molecule has 0 spiro atoms. The first-order valence-corrected chi connectivity index (χ1v) is 15.2. The quantitative estimate of drug-likeness (QED) is 0.428. The minimum absolute atomic E-state index is 0.0125. The maximum atomic E-state index is 14.5. The summed E-state index contributed by atoms with van der Waals surface area (Å²) in [4.78, 5) is 81.5. The Morgan fingerprint density at radius 1 is 1.05 bits per heavy atom. The number of phenolic OH excluding ortho intramolecular Hbond substituents is 1. The van der Waals surface area contributed by atoms with Gasteiger partial charge in [0.2, 0.25) is 0 Å². The minimum Gasteiger partial charge on any atom is -0.507 e. The van der Waals surface area contributed by atoms with Crippen molar-refractivity contribution < 1.29 is 39.0 Å². The molecule has 0 aliphatic heterocycles. The first kappa shape index (κ1) is 31.9. The molecule has 42 heavy (non-hydrogen) atoms. The summed E-state index contributed by atoms with van der Waals surface area (Å²) in [5, 5.41) is 23.6. The van der Waals surface area contributed by atoms with Crippen molar-refractivity contribution in [2.45, 2.75) is 105 Å². The zero-order valence-corrected chi connectivity index (χ0v) is 26.1. The number of unbranched alkanes of at least 4 members (excludes halogenated alkanes) is 1. The highest BCUT2D eigenvalue weighted by molar-refractivity contribution is 6.32. The number of hydrogen-bond acceptors (Lipinski definition) is 8. The molecule has 6 atom stereocenters. The number of aromatic hydroxyl groups is 1. The minimum atomic E-state index is -2.73. The Morgan fingerprint density at radius 2 is 1.67 bits per heavy atom. The fourth-order valence-electron chi connectivity index (χ4n) is 8.61. The summed E-state index contributed by atoms with van der Waals surface area (Å²) in [6.45, 7) is 13.8. The van der Waals surface area contributed by atoms with E-state index in [-0.39, 0.29) is 42.3 Å². The first-order chi connectivity index (χ1) is 19.4. The predicted molar refractivity (Wildman–Crippen MR) is 155 cm³/mol. The van der Waals surface area contributed by atoms with Crippen LogP contribution in [0.5, 0.6) is 5.75 Å². The van der Waals surface area contributed by atoms with Gasteiger partial charge in [-0.1, -0.05) is 61.0 Å². The standard InChI is InChI=1S/C34H44O8/c1-9-10-11-20(36)12-19-13-21(16(2)3)22-14-32(7)15-33(8)25(17(4)5)28(38)23(18(6)35)30(40)34(33,42)31(41)26(32)29(39)24(22)27(19)37/h13,16-17,23,25-26,37,42H,9-12,14-15H2,1-8H3/t23?,25?,26?,32-,33-,34+/m1/s1. The molecule has 2 saturated carbocycles. The fourth-order valence-corrected chi connectivity index (χ4v) is 8.61. The fraction of sp³-hybridized carbons (Fsp3) is 0.647. The number of aliphatic hydroxyl groups is 1. The summed E-state index contributed by atoms with van der Waals surface area (Å²) in [5.41, 5.74) is -3.69. The topological polar surface area (TPSA) is 143 Å². The van der Waals surface area contributed by atoms with Crippen molar-refractivity contribution in [2.24, 2.45) is 34.5 Å². The van der Waals surface area contributed by atoms with E-state index in [1.165, 1.54) is 0 Å². The molecule has 8 heteroatoms. The van der Waals surface area contributed by atoms with Crippen molar-refractivity contribution in [3.05, 3.63) is 28.3 Å². The van der Waals surface area contributed by atoms with Crippen LogP contribution in [0.3, 0.4) is 0 Å². The van der Waals surface area contributed by atoms with Crippen LogP contribution in [0.4, 0.5) is 0 Å². The van der Waals surface area contributed by atoms with Crippen molar-refractivity contribution in [3.63, 3.8) is 0 Å². The SMILES string of the molecule is CCCCC(=O)Cc1cc(C(C)C)c2c(c1O)C(=O)C1C(=O)[C@@]3(O)C(=O)C(C(C)=O)C(=O)C(C(C)C)[C@@]3(C)C[C@@]1(C)C2. The molecule has 1 aromatic carbocycles. The molecule has 3 aliphatic carbocycles. The molecule has 0 radical (unpaired) electrons. The summed E-state index contributed by atoms with van der Waals surface area (Å²) < 4.78 is 0. The largest absolute Gasteiger partial charge is 0.507 e. The van der Waals surface area contributed by atoms with Crippen LogP contribution in [0, 0.1) is 34.5 Å². The molecule has 1 aromatic rings. The van der Waals surface area contributed by atoms with Crippen LogP contribution in [0.1, 0.15) is 114 Å². The summed E-state index contributed by atoms with van der Waals surface area (Å²) in [7, 11) is 0. The molecule has 0 amide bonds. The summed E-state index contributed by atoms with van der Waals surface area (Å²) in [6, 6.07) is 1.78. The van der Waals surface area contributed by atoms with Gasteiger partial charge in [0.25, 0.3) is 0 Å². The molecule has 2 fully saturated rings. The van der Waals surface area contributed by atoms with E-state index in [1.807, 2.05) is 20.8 Å². The van der Waals surface area contributed by atoms with Gasteiger partial charge in [-0.25, -0.2) is 0 Å². The second-order valence-electron chi connectivity index (χ2n) is 14.1. The average molecular weight is 581 g/mol. The maximum Gasteiger partial charge on any atom is 0.190 e. The molecular weight excluding hydrogens is 536 g/mol.